The van der Waals surface area contributed by atoms with Crippen molar-refractivity contribution in [3.05, 3.63) is 36.3 Å². The van der Waals surface area contributed by atoms with Crippen LogP contribution in [0, 0.1) is 0 Å². The zero-order valence-electron chi connectivity index (χ0n) is 20.6. The quantitative estimate of drug-likeness (QED) is 0.471. The monoisotopic (exact) mass is 499 g/mol. The molecular formula is C25H31F2N7O2. The van der Waals surface area contributed by atoms with Gasteiger partial charge >= 0.3 is 0 Å². The lowest BCUT2D eigenvalue weighted by Gasteiger charge is -2.44. The second kappa shape index (κ2) is 9.04. The predicted octanol–water partition coefficient (Wildman–Crippen LogP) is 3.11. The van der Waals surface area contributed by atoms with E-state index in [-0.39, 0.29) is 25.6 Å². The molecule has 0 aliphatic carbocycles. The Morgan fingerprint density at radius 2 is 1.86 bits per heavy atom. The summed E-state index contributed by atoms with van der Waals surface area (Å²) in [5, 5.41) is 24.1. The fraction of sp³-hybridized carbons (Fsp3) is 0.520. The van der Waals surface area contributed by atoms with E-state index in [2.05, 4.69) is 39.1 Å². The van der Waals surface area contributed by atoms with Gasteiger partial charge in [-0.25, -0.2) is 23.7 Å². The lowest BCUT2D eigenvalue weighted by atomic mass is 9.94. The van der Waals surface area contributed by atoms with Crippen molar-refractivity contribution in [2.24, 2.45) is 0 Å². The minimum atomic E-state index is -1.74. The van der Waals surface area contributed by atoms with Gasteiger partial charge in [0.25, 0.3) is 0 Å². The van der Waals surface area contributed by atoms with Gasteiger partial charge in [0.2, 0.25) is 5.95 Å². The second-order valence-electron chi connectivity index (χ2n) is 10.3. The van der Waals surface area contributed by atoms with E-state index < -0.39 is 24.0 Å². The first-order chi connectivity index (χ1) is 17.1. The van der Waals surface area contributed by atoms with Crippen molar-refractivity contribution >= 4 is 34.2 Å². The van der Waals surface area contributed by atoms with Crippen molar-refractivity contribution in [2.75, 3.05) is 47.9 Å². The lowest BCUT2D eigenvalue weighted by Crippen LogP contribution is -2.61. The van der Waals surface area contributed by atoms with Crippen LogP contribution in [0.25, 0.3) is 10.8 Å². The van der Waals surface area contributed by atoms with E-state index in [1.54, 1.807) is 23.4 Å². The molecule has 0 aromatic carbocycles. The molecule has 3 aromatic rings. The third-order valence-corrected chi connectivity index (χ3v) is 6.98. The van der Waals surface area contributed by atoms with Crippen molar-refractivity contribution in [2.45, 2.75) is 50.6 Å². The normalized spacial score (nSPS) is 23.7. The van der Waals surface area contributed by atoms with Gasteiger partial charge in [0.1, 0.15) is 17.5 Å². The van der Waals surface area contributed by atoms with Gasteiger partial charge in [-0.3, -0.25) is 0 Å². The Hall–Kier alpha value is -3.18. The van der Waals surface area contributed by atoms with Crippen molar-refractivity contribution in [3.8, 4) is 0 Å². The molecule has 3 N–H and O–H groups in total. The Bertz CT molecular complexity index is 1270. The minimum absolute atomic E-state index is 0.00627. The van der Waals surface area contributed by atoms with E-state index in [1.165, 1.54) is 6.92 Å². The predicted molar refractivity (Wildman–Crippen MR) is 134 cm³/mol. The van der Waals surface area contributed by atoms with E-state index in [0.717, 1.165) is 16.3 Å². The molecule has 2 fully saturated rings. The van der Waals surface area contributed by atoms with E-state index in [1.807, 2.05) is 17.2 Å². The first-order valence-corrected chi connectivity index (χ1v) is 12.1. The Kier molecular flexibility index (Phi) is 6.16. The van der Waals surface area contributed by atoms with E-state index in [9.17, 15) is 19.0 Å². The van der Waals surface area contributed by atoms with Crippen molar-refractivity contribution in [1.29, 1.82) is 0 Å². The van der Waals surface area contributed by atoms with Gasteiger partial charge in [0.05, 0.1) is 32.3 Å². The summed E-state index contributed by atoms with van der Waals surface area (Å²) >= 11 is 0. The highest BCUT2D eigenvalue weighted by atomic mass is 19.1. The smallest absolute Gasteiger partial charge is 0.227 e. The molecule has 2 aliphatic rings. The summed E-state index contributed by atoms with van der Waals surface area (Å²) in [5.74, 6) is 2.29. The zero-order valence-corrected chi connectivity index (χ0v) is 20.6. The number of pyridine rings is 2. The molecule has 0 unspecified atom stereocenters. The van der Waals surface area contributed by atoms with Crippen LogP contribution in [0.1, 0.15) is 38.7 Å². The number of piperidine rings is 1. The van der Waals surface area contributed by atoms with Crippen LogP contribution in [0.5, 0.6) is 0 Å². The number of rotatable bonds is 6. The first-order valence-electron chi connectivity index (χ1n) is 12.1. The van der Waals surface area contributed by atoms with Crippen LogP contribution in [0.15, 0.2) is 30.7 Å². The third kappa shape index (κ3) is 4.53. The highest BCUT2D eigenvalue weighted by molar-refractivity contribution is 5.96. The number of hydrogen-bond donors (Lipinski definition) is 3. The molecule has 0 amide bonds. The number of halogens is 2. The molecule has 192 valence electrons. The Balaban J connectivity index is 1.42. The maximum atomic E-state index is 14.7. The summed E-state index contributed by atoms with van der Waals surface area (Å²) in [6, 6.07) is 3.63. The molecule has 0 radical (unpaired) electrons. The summed E-state index contributed by atoms with van der Waals surface area (Å²) in [4.78, 5) is 21.5. The van der Waals surface area contributed by atoms with Gasteiger partial charge < -0.3 is 25.3 Å². The van der Waals surface area contributed by atoms with Gasteiger partial charge in [0.15, 0.2) is 11.3 Å². The standard InChI is InChI=1S/C25H31F2N7O2/c1-15(2)17-9-30-22(34-12-25(27,13-34)14-35)18-10-29-21(8-16(17)18)31-20-4-6-28-23(32-20)33-7-5-19(36)24(3,26)11-33/h4,6,8-10,15,19,35-36H,5,7,11-14H2,1-3H3,(H,28,29,31,32)/t19-,24+/m1/s1. The molecule has 0 spiro atoms. The van der Waals surface area contributed by atoms with Crippen molar-refractivity contribution in [1.82, 2.24) is 19.9 Å². The van der Waals surface area contributed by atoms with Gasteiger partial charge in [-0.05, 0) is 42.3 Å². The minimum Gasteiger partial charge on any atom is -0.393 e. The van der Waals surface area contributed by atoms with Gasteiger partial charge in [-0.1, -0.05) is 13.8 Å². The van der Waals surface area contributed by atoms with Gasteiger partial charge in [-0.2, -0.15) is 4.98 Å². The third-order valence-electron chi connectivity index (χ3n) is 6.98. The van der Waals surface area contributed by atoms with Crippen LogP contribution < -0.4 is 15.1 Å². The Morgan fingerprint density at radius 1 is 1.08 bits per heavy atom. The summed E-state index contributed by atoms with van der Waals surface area (Å²) < 4.78 is 29.0. The SMILES string of the molecule is CC(C)c1cnc(N2CC(F)(CO)C2)c2cnc(Nc3ccnc(N4CC[C@@H](O)[C@@](C)(F)C4)n3)cc12. The first kappa shape index (κ1) is 24.5. The Morgan fingerprint density at radius 3 is 2.56 bits per heavy atom. The molecule has 5 heterocycles. The summed E-state index contributed by atoms with van der Waals surface area (Å²) in [5.41, 5.74) is -2.30. The van der Waals surface area contributed by atoms with Crippen molar-refractivity contribution in [3.63, 3.8) is 0 Å². The molecule has 11 heteroatoms. The van der Waals surface area contributed by atoms with Crippen LogP contribution >= 0.6 is 0 Å². The molecule has 0 saturated carbocycles. The molecule has 9 nitrogen and oxygen atoms in total. The summed E-state index contributed by atoms with van der Waals surface area (Å²) in [6.45, 7) is 5.67. The van der Waals surface area contributed by atoms with Crippen molar-refractivity contribution < 1.29 is 19.0 Å². The number of nitrogens with one attached hydrogen (secondary N) is 1. The molecule has 0 bridgehead atoms. The fourth-order valence-electron chi connectivity index (χ4n) is 4.82. The average Bonchev–Trinajstić information content (AvgIpc) is 2.83. The number of anilines is 4. The average molecular weight is 500 g/mol. The molecule has 2 aliphatic heterocycles. The second-order valence-corrected chi connectivity index (χ2v) is 10.3. The molecule has 2 saturated heterocycles. The highest BCUT2D eigenvalue weighted by Gasteiger charge is 2.44. The van der Waals surface area contributed by atoms with Crippen LogP contribution in [0.3, 0.4) is 0 Å². The number of nitrogens with zero attached hydrogens (tertiary/aromatic N) is 6. The maximum absolute atomic E-state index is 14.7. The number of hydrogen-bond acceptors (Lipinski definition) is 9. The molecule has 2 atom stereocenters. The molecule has 3 aromatic heterocycles. The van der Waals surface area contributed by atoms with Crippen LogP contribution in [0.4, 0.5) is 32.2 Å². The Labute approximate surface area is 208 Å². The zero-order chi connectivity index (χ0) is 25.7. The number of aliphatic hydroxyl groups excluding tert-OH is 2. The maximum Gasteiger partial charge on any atom is 0.227 e. The van der Waals surface area contributed by atoms with Crippen LogP contribution in [-0.4, -0.2) is 80.4 Å². The number of aromatic nitrogens is 4. The molecule has 5 rings (SSSR count). The highest BCUT2D eigenvalue weighted by Crippen LogP contribution is 2.37. The van der Waals surface area contributed by atoms with E-state index in [0.29, 0.717) is 36.4 Å². The van der Waals surface area contributed by atoms with E-state index >= 15 is 0 Å². The fourth-order valence-corrected chi connectivity index (χ4v) is 4.82. The topological polar surface area (TPSA) is 111 Å². The number of aliphatic hydroxyl groups is 2. The van der Waals surface area contributed by atoms with Crippen LogP contribution in [0.2, 0.25) is 0 Å². The molecular weight excluding hydrogens is 468 g/mol. The summed E-state index contributed by atoms with van der Waals surface area (Å²) in [7, 11) is 0. The lowest BCUT2D eigenvalue weighted by molar-refractivity contribution is -0.00860. The largest absolute Gasteiger partial charge is 0.393 e. The number of alkyl halides is 2. The van der Waals surface area contributed by atoms with Gasteiger partial charge in [-0.15, -0.1) is 0 Å². The van der Waals surface area contributed by atoms with E-state index in [4.69, 9.17) is 0 Å². The van der Waals surface area contributed by atoms with Crippen LogP contribution in [-0.2, 0) is 0 Å². The number of fused-ring (bicyclic) bond motifs is 1. The summed E-state index contributed by atoms with van der Waals surface area (Å²) in [6.07, 6.45) is 4.42. The van der Waals surface area contributed by atoms with Gasteiger partial charge in [0, 0.05) is 30.5 Å². The molecule has 36 heavy (non-hydrogen) atoms.